The van der Waals surface area contributed by atoms with Gasteiger partial charge in [0.2, 0.25) is 0 Å². The minimum atomic E-state index is 0. The predicted molar refractivity (Wildman–Crippen MR) is 116 cm³/mol. The number of benzene rings is 1. The predicted octanol–water partition coefficient (Wildman–Crippen LogP) is 2.95. The number of hydrogen-bond acceptors (Lipinski definition) is 3. The Morgan fingerprint density at radius 3 is 2.65 bits per heavy atom. The van der Waals surface area contributed by atoms with Gasteiger partial charge in [0.1, 0.15) is 5.82 Å². The number of hydrogen-bond donors (Lipinski definition) is 2. The number of nitrogens with zero attached hydrogens (tertiary/aromatic N) is 4. The Labute approximate surface area is 171 Å². The molecule has 138 valence electrons. The minimum absolute atomic E-state index is 0. The topological polar surface area (TPSA) is 66.6 Å². The summed E-state index contributed by atoms with van der Waals surface area (Å²) in [4.78, 5) is 4.27. The zero-order valence-corrected chi connectivity index (χ0v) is 17.5. The van der Waals surface area contributed by atoms with Gasteiger partial charge in [-0.1, -0.05) is 35.9 Å². The highest BCUT2D eigenvalue weighted by atomic mass is 127. The lowest BCUT2D eigenvalue weighted by molar-refractivity contribution is 0.714. The Morgan fingerprint density at radius 1 is 1.08 bits per heavy atom. The fraction of sp³-hybridized carbons (Fsp3) is 0.316. The summed E-state index contributed by atoms with van der Waals surface area (Å²) in [5, 5.41) is 15.1. The summed E-state index contributed by atoms with van der Waals surface area (Å²) >= 11 is 0. The largest absolute Gasteiger partial charge is 0.356 e. The van der Waals surface area contributed by atoms with E-state index in [1.165, 1.54) is 11.1 Å². The van der Waals surface area contributed by atoms with E-state index in [2.05, 4.69) is 57.0 Å². The van der Waals surface area contributed by atoms with Gasteiger partial charge in [0.15, 0.2) is 11.6 Å². The average Bonchev–Trinajstić information content (AvgIpc) is 3.06. The molecule has 0 amide bonds. The van der Waals surface area contributed by atoms with E-state index in [1.54, 1.807) is 7.05 Å². The number of aliphatic imine (C=N–C) groups is 1. The number of aromatic nitrogens is 3. The first kappa shape index (κ1) is 20.2. The summed E-state index contributed by atoms with van der Waals surface area (Å²) in [7, 11) is 1.79. The molecule has 0 radical (unpaired) electrons. The maximum Gasteiger partial charge on any atom is 0.191 e. The molecule has 0 saturated carbocycles. The highest BCUT2D eigenvalue weighted by Gasteiger charge is 2.04. The van der Waals surface area contributed by atoms with E-state index in [9.17, 15) is 0 Å². The summed E-state index contributed by atoms with van der Waals surface area (Å²) in [5.41, 5.74) is 3.40. The summed E-state index contributed by atoms with van der Waals surface area (Å²) < 4.78 is 2.03. The van der Waals surface area contributed by atoms with Crippen molar-refractivity contribution >= 4 is 35.6 Å². The van der Waals surface area contributed by atoms with Gasteiger partial charge in [0.25, 0.3) is 0 Å². The molecule has 0 saturated heterocycles. The molecule has 2 heterocycles. The van der Waals surface area contributed by atoms with Gasteiger partial charge in [0, 0.05) is 32.8 Å². The van der Waals surface area contributed by atoms with Crippen LogP contribution in [0.3, 0.4) is 0 Å². The Morgan fingerprint density at radius 2 is 1.88 bits per heavy atom. The van der Waals surface area contributed by atoms with E-state index in [0.29, 0.717) is 0 Å². The van der Waals surface area contributed by atoms with Crippen molar-refractivity contribution < 1.29 is 0 Å². The van der Waals surface area contributed by atoms with Crippen LogP contribution in [0.4, 0.5) is 0 Å². The van der Waals surface area contributed by atoms with Crippen molar-refractivity contribution in [3.05, 3.63) is 65.6 Å². The van der Waals surface area contributed by atoms with Crippen molar-refractivity contribution in [3.63, 3.8) is 0 Å². The molecule has 26 heavy (non-hydrogen) atoms. The molecule has 0 aliphatic heterocycles. The van der Waals surface area contributed by atoms with E-state index < -0.39 is 0 Å². The molecular weight excluding hydrogens is 439 g/mol. The van der Waals surface area contributed by atoms with Gasteiger partial charge < -0.3 is 10.6 Å². The third-order valence-electron chi connectivity index (χ3n) is 4.06. The number of rotatable bonds is 6. The number of nitrogens with one attached hydrogen (secondary N) is 2. The molecule has 2 aromatic heterocycles. The molecule has 6 nitrogen and oxygen atoms in total. The van der Waals surface area contributed by atoms with Gasteiger partial charge in [-0.05, 0) is 31.0 Å². The second kappa shape index (κ2) is 10.1. The number of fused-ring (bicyclic) bond motifs is 1. The normalized spacial score (nSPS) is 11.2. The van der Waals surface area contributed by atoms with E-state index in [-0.39, 0.29) is 24.0 Å². The molecular formula is C19H25IN6. The fourth-order valence-electron chi connectivity index (χ4n) is 2.63. The van der Waals surface area contributed by atoms with Crippen molar-refractivity contribution in [2.24, 2.45) is 4.99 Å². The molecule has 0 unspecified atom stereocenters. The van der Waals surface area contributed by atoms with Crippen LogP contribution in [0.15, 0.2) is 53.7 Å². The van der Waals surface area contributed by atoms with Crippen LogP contribution >= 0.6 is 24.0 Å². The average molecular weight is 464 g/mol. The van der Waals surface area contributed by atoms with Crippen molar-refractivity contribution in [1.29, 1.82) is 0 Å². The first-order chi connectivity index (χ1) is 12.3. The Balaban J connectivity index is 0.00000243. The van der Waals surface area contributed by atoms with Crippen LogP contribution in [-0.4, -0.2) is 34.2 Å². The van der Waals surface area contributed by atoms with Crippen LogP contribution in [0.2, 0.25) is 0 Å². The molecule has 0 bridgehead atoms. The van der Waals surface area contributed by atoms with E-state index in [4.69, 9.17) is 0 Å². The molecule has 0 aliphatic rings. The third-order valence-corrected chi connectivity index (χ3v) is 4.06. The second-order valence-corrected chi connectivity index (χ2v) is 5.99. The molecule has 3 aromatic rings. The van der Waals surface area contributed by atoms with Gasteiger partial charge in [-0.25, -0.2) is 0 Å². The molecule has 0 spiro atoms. The van der Waals surface area contributed by atoms with Crippen molar-refractivity contribution in [3.8, 4) is 0 Å². The standard InChI is InChI=1S/C19H24N6.HI/c1-15-8-10-16(11-9-15)14-22-19(20-2)21-12-5-7-18-24-23-17-6-3-4-13-25(17)18;/h3-4,6,8-11,13H,5,7,12,14H2,1-2H3,(H2,20,21,22);1H. The van der Waals surface area contributed by atoms with Gasteiger partial charge in [-0.15, -0.1) is 34.2 Å². The molecule has 0 atom stereocenters. The summed E-state index contributed by atoms with van der Waals surface area (Å²) in [5.74, 6) is 1.80. The summed E-state index contributed by atoms with van der Waals surface area (Å²) in [6.07, 6.45) is 3.83. The monoisotopic (exact) mass is 464 g/mol. The van der Waals surface area contributed by atoms with E-state index in [1.807, 2.05) is 28.8 Å². The number of aryl methyl sites for hydroxylation is 2. The highest BCUT2D eigenvalue weighted by Crippen LogP contribution is 2.05. The van der Waals surface area contributed by atoms with Gasteiger partial charge >= 0.3 is 0 Å². The quantitative estimate of drug-likeness (QED) is 0.255. The lowest BCUT2D eigenvalue weighted by Gasteiger charge is -2.12. The van der Waals surface area contributed by atoms with Crippen LogP contribution in [0.25, 0.3) is 5.65 Å². The van der Waals surface area contributed by atoms with Crippen LogP contribution in [0.5, 0.6) is 0 Å². The van der Waals surface area contributed by atoms with Gasteiger partial charge in [-0.2, -0.15) is 0 Å². The van der Waals surface area contributed by atoms with Crippen molar-refractivity contribution in [2.45, 2.75) is 26.3 Å². The van der Waals surface area contributed by atoms with Gasteiger partial charge in [-0.3, -0.25) is 9.39 Å². The lowest BCUT2D eigenvalue weighted by atomic mass is 10.1. The Bertz CT molecular complexity index is 841. The number of halogens is 1. The van der Waals surface area contributed by atoms with Crippen molar-refractivity contribution in [2.75, 3.05) is 13.6 Å². The molecule has 7 heteroatoms. The van der Waals surface area contributed by atoms with Crippen LogP contribution in [-0.2, 0) is 13.0 Å². The minimum Gasteiger partial charge on any atom is -0.356 e. The van der Waals surface area contributed by atoms with E-state index >= 15 is 0 Å². The molecule has 3 rings (SSSR count). The molecule has 1 aromatic carbocycles. The highest BCUT2D eigenvalue weighted by molar-refractivity contribution is 14.0. The third kappa shape index (κ3) is 5.42. The number of pyridine rings is 1. The van der Waals surface area contributed by atoms with Crippen molar-refractivity contribution in [1.82, 2.24) is 25.2 Å². The lowest BCUT2D eigenvalue weighted by Crippen LogP contribution is -2.37. The van der Waals surface area contributed by atoms with Crippen LogP contribution < -0.4 is 10.6 Å². The van der Waals surface area contributed by atoms with E-state index in [0.717, 1.165) is 43.4 Å². The molecule has 2 N–H and O–H groups in total. The summed E-state index contributed by atoms with van der Waals surface area (Å²) in [6.45, 7) is 3.68. The first-order valence-electron chi connectivity index (χ1n) is 8.55. The maximum atomic E-state index is 4.27. The molecule has 0 fully saturated rings. The van der Waals surface area contributed by atoms with Gasteiger partial charge in [0.05, 0.1) is 0 Å². The Hall–Kier alpha value is -2.16. The molecule has 0 aliphatic carbocycles. The maximum absolute atomic E-state index is 4.27. The van der Waals surface area contributed by atoms with Crippen LogP contribution in [0, 0.1) is 6.92 Å². The smallest absolute Gasteiger partial charge is 0.191 e. The zero-order chi connectivity index (χ0) is 17.5. The fourth-order valence-corrected chi connectivity index (χ4v) is 2.63. The first-order valence-corrected chi connectivity index (χ1v) is 8.55. The summed E-state index contributed by atoms with van der Waals surface area (Å²) in [6, 6.07) is 14.4. The SMILES string of the molecule is CN=C(NCCCc1nnc2ccccn12)NCc1ccc(C)cc1.I. The zero-order valence-electron chi connectivity index (χ0n) is 15.1. The number of guanidine groups is 1. The Kier molecular flexibility index (Phi) is 7.83. The van der Waals surface area contributed by atoms with Crippen LogP contribution in [0.1, 0.15) is 23.4 Å². The second-order valence-electron chi connectivity index (χ2n) is 5.99.